The minimum absolute atomic E-state index is 0.361. The molecule has 20 heavy (non-hydrogen) atoms. The van der Waals surface area contributed by atoms with Gasteiger partial charge in [-0.15, -0.1) is 11.3 Å². The molecule has 1 N–H and O–H groups in total. The molecule has 0 amide bonds. The lowest BCUT2D eigenvalue weighted by atomic mass is 10.0. The van der Waals surface area contributed by atoms with Gasteiger partial charge in [0.25, 0.3) is 0 Å². The molecule has 0 aliphatic rings. The zero-order valence-corrected chi connectivity index (χ0v) is 14.1. The molecule has 0 aromatic carbocycles. The monoisotopic (exact) mass is 291 g/mol. The van der Waals surface area contributed by atoms with Crippen LogP contribution in [0, 0.1) is 20.8 Å². The maximum absolute atomic E-state index is 4.55. The summed E-state index contributed by atoms with van der Waals surface area (Å²) in [5.74, 6) is 0. The van der Waals surface area contributed by atoms with Crippen LogP contribution < -0.4 is 5.32 Å². The molecule has 4 heteroatoms. The molecule has 0 spiro atoms. The van der Waals surface area contributed by atoms with Crippen LogP contribution in [0.5, 0.6) is 0 Å². The summed E-state index contributed by atoms with van der Waals surface area (Å²) in [6.07, 6.45) is 1.07. The summed E-state index contributed by atoms with van der Waals surface area (Å²) in [6.45, 7) is 10.9. The average Bonchev–Trinajstić information content (AvgIpc) is 2.92. The molecule has 2 aromatic heterocycles. The van der Waals surface area contributed by atoms with Gasteiger partial charge in [0, 0.05) is 35.3 Å². The van der Waals surface area contributed by atoms with Gasteiger partial charge in [-0.1, -0.05) is 6.92 Å². The van der Waals surface area contributed by atoms with Crippen molar-refractivity contribution in [1.82, 2.24) is 15.1 Å². The normalized spacial score (nSPS) is 14.5. The molecule has 110 valence electrons. The van der Waals surface area contributed by atoms with Gasteiger partial charge >= 0.3 is 0 Å². The number of thiophene rings is 1. The first-order chi connectivity index (χ1) is 9.45. The number of nitrogens with zero attached hydrogens (tertiary/aromatic N) is 2. The maximum atomic E-state index is 4.55. The SMILES string of the molecule is CC[C@@H](N[C@@H](C)c1sccc1C)c1c(C)nn(C)c1C. The summed E-state index contributed by atoms with van der Waals surface area (Å²) in [4.78, 5) is 1.43. The highest BCUT2D eigenvalue weighted by Crippen LogP contribution is 2.29. The summed E-state index contributed by atoms with van der Waals surface area (Å²) in [6, 6.07) is 2.93. The molecule has 2 rings (SSSR count). The molecule has 0 saturated heterocycles. The Kier molecular flexibility index (Phi) is 4.66. The van der Waals surface area contributed by atoms with Crippen LogP contribution in [0.4, 0.5) is 0 Å². The largest absolute Gasteiger partial charge is 0.302 e. The molecular weight excluding hydrogens is 266 g/mol. The number of hydrogen-bond donors (Lipinski definition) is 1. The van der Waals surface area contributed by atoms with Crippen LogP contribution in [-0.2, 0) is 7.05 Å². The Morgan fingerprint density at radius 1 is 1.35 bits per heavy atom. The first-order valence-electron chi connectivity index (χ1n) is 7.25. The highest BCUT2D eigenvalue weighted by atomic mass is 32.1. The first kappa shape index (κ1) is 15.3. The van der Waals surface area contributed by atoms with Crippen LogP contribution >= 0.6 is 11.3 Å². The molecular formula is C16H25N3S. The second kappa shape index (κ2) is 6.10. The van der Waals surface area contributed by atoms with Crippen LogP contribution in [0.25, 0.3) is 0 Å². The summed E-state index contributed by atoms with van der Waals surface area (Å²) < 4.78 is 1.98. The molecule has 0 saturated carbocycles. The fraction of sp³-hybridized carbons (Fsp3) is 0.562. The van der Waals surface area contributed by atoms with Crippen molar-refractivity contribution in [3.63, 3.8) is 0 Å². The zero-order valence-electron chi connectivity index (χ0n) is 13.3. The van der Waals surface area contributed by atoms with Crippen molar-refractivity contribution in [2.45, 2.75) is 53.1 Å². The molecule has 2 atom stereocenters. The average molecular weight is 291 g/mol. The lowest BCUT2D eigenvalue weighted by Gasteiger charge is -2.23. The number of aryl methyl sites for hydroxylation is 3. The van der Waals surface area contributed by atoms with Crippen molar-refractivity contribution >= 4 is 11.3 Å². The zero-order chi connectivity index (χ0) is 14.9. The van der Waals surface area contributed by atoms with E-state index in [1.165, 1.54) is 21.7 Å². The van der Waals surface area contributed by atoms with E-state index in [9.17, 15) is 0 Å². The fourth-order valence-electron chi connectivity index (χ4n) is 2.91. The maximum Gasteiger partial charge on any atom is 0.0644 e. The predicted molar refractivity (Wildman–Crippen MR) is 86.3 cm³/mol. The quantitative estimate of drug-likeness (QED) is 0.894. The van der Waals surface area contributed by atoms with Crippen molar-refractivity contribution in [1.29, 1.82) is 0 Å². The van der Waals surface area contributed by atoms with E-state index < -0.39 is 0 Å². The summed E-state index contributed by atoms with van der Waals surface area (Å²) in [5.41, 5.74) is 5.14. The molecule has 2 aromatic rings. The smallest absolute Gasteiger partial charge is 0.0644 e. The van der Waals surface area contributed by atoms with E-state index in [0.29, 0.717) is 12.1 Å². The minimum atomic E-state index is 0.361. The van der Waals surface area contributed by atoms with Crippen LogP contribution in [0.2, 0.25) is 0 Å². The summed E-state index contributed by atoms with van der Waals surface area (Å²) in [7, 11) is 2.02. The van der Waals surface area contributed by atoms with E-state index in [1.54, 1.807) is 0 Å². The standard InChI is InChI=1S/C16H25N3S/c1-7-14(15-11(3)18-19(6)13(15)5)17-12(4)16-10(2)8-9-20-16/h8-9,12,14,17H,7H2,1-6H3/t12-,14+/m0/s1. The van der Waals surface area contributed by atoms with Crippen molar-refractivity contribution in [2.75, 3.05) is 0 Å². The van der Waals surface area contributed by atoms with E-state index in [1.807, 2.05) is 23.1 Å². The van der Waals surface area contributed by atoms with Crippen LogP contribution in [0.3, 0.4) is 0 Å². The second-order valence-corrected chi connectivity index (χ2v) is 6.47. The Morgan fingerprint density at radius 3 is 2.50 bits per heavy atom. The Hall–Kier alpha value is -1.13. The van der Waals surface area contributed by atoms with Gasteiger partial charge in [0.2, 0.25) is 0 Å². The molecule has 0 unspecified atom stereocenters. The van der Waals surface area contributed by atoms with E-state index in [0.717, 1.165) is 12.1 Å². The molecule has 0 fully saturated rings. The van der Waals surface area contributed by atoms with E-state index in [2.05, 4.69) is 56.5 Å². The van der Waals surface area contributed by atoms with Gasteiger partial charge in [0.1, 0.15) is 0 Å². The highest BCUT2D eigenvalue weighted by Gasteiger charge is 2.21. The van der Waals surface area contributed by atoms with Crippen molar-refractivity contribution < 1.29 is 0 Å². The van der Waals surface area contributed by atoms with Gasteiger partial charge < -0.3 is 5.32 Å². The second-order valence-electron chi connectivity index (χ2n) is 5.53. The Balaban J connectivity index is 2.23. The number of aromatic nitrogens is 2. The molecule has 0 radical (unpaired) electrons. The number of nitrogens with one attached hydrogen (secondary N) is 1. The van der Waals surface area contributed by atoms with E-state index in [4.69, 9.17) is 0 Å². The van der Waals surface area contributed by atoms with Crippen molar-refractivity contribution in [3.8, 4) is 0 Å². The van der Waals surface area contributed by atoms with E-state index in [-0.39, 0.29) is 0 Å². The highest BCUT2D eigenvalue weighted by molar-refractivity contribution is 7.10. The molecule has 3 nitrogen and oxygen atoms in total. The van der Waals surface area contributed by atoms with Crippen LogP contribution in [0.15, 0.2) is 11.4 Å². The molecule has 0 bridgehead atoms. The van der Waals surface area contributed by atoms with Gasteiger partial charge in [-0.2, -0.15) is 5.10 Å². The molecule has 0 aliphatic heterocycles. The van der Waals surface area contributed by atoms with Crippen LogP contribution in [0.1, 0.15) is 59.7 Å². The first-order valence-corrected chi connectivity index (χ1v) is 8.13. The van der Waals surface area contributed by atoms with Gasteiger partial charge in [0.15, 0.2) is 0 Å². The summed E-state index contributed by atoms with van der Waals surface area (Å²) >= 11 is 1.84. The lowest BCUT2D eigenvalue weighted by Crippen LogP contribution is -2.25. The number of hydrogen-bond acceptors (Lipinski definition) is 3. The molecule has 0 aliphatic carbocycles. The third-order valence-corrected chi connectivity index (χ3v) is 5.27. The van der Waals surface area contributed by atoms with Gasteiger partial charge in [-0.25, -0.2) is 0 Å². The number of rotatable bonds is 5. The fourth-order valence-corrected chi connectivity index (χ4v) is 3.85. The van der Waals surface area contributed by atoms with E-state index >= 15 is 0 Å². The van der Waals surface area contributed by atoms with Gasteiger partial charge in [-0.05, 0) is 51.1 Å². The molecule has 2 heterocycles. The Labute approximate surface area is 126 Å². The van der Waals surface area contributed by atoms with Gasteiger partial charge in [-0.3, -0.25) is 4.68 Å². The van der Waals surface area contributed by atoms with Gasteiger partial charge in [0.05, 0.1) is 5.69 Å². The third-order valence-electron chi connectivity index (χ3n) is 4.07. The summed E-state index contributed by atoms with van der Waals surface area (Å²) in [5, 5.41) is 10.5. The topological polar surface area (TPSA) is 29.9 Å². The lowest BCUT2D eigenvalue weighted by molar-refractivity contribution is 0.456. The van der Waals surface area contributed by atoms with Crippen LogP contribution in [-0.4, -0.2) is 9.78 Å². The third kappa shape index (κ3) is 2.81. The Morgan fingerprint density at radius 2 is 2.05 bits per heavy atom. The minimum Gasteiger partial charge on any atom is -0.302 e. The van der Waals surface area contributed by atoms with Crippen molar-refractivity contribution in [3.05, 3.63) is 38.8 Å². The predicted octanol–water partition coefficient (Wildman–Crippen LogP) is 4.21. The van der Waals surface area contributed by atoms with Crippen molar-refractivity contribution in [2.24, 2.45) is 7.05 Å². The Bertz CT molecular complexity index is 583.